The fraction of sp³-hybridized carbons (Fsp3) is 0.360. The molecule has 2 aromatic carbocycles. The molecule has 1 aliphatic rings. The Balaban J connectivity index is 0.00000289. The Morgan fingerprint density at radius 1 is 1.25 bits per heavy atom. The van der Waals surface area contributed by atoms with Gasteiger partial charge in [0.1, 0.15) is 11.5 Å². The molecular formula is C25H26NNaO5. The summed E-state index contributed by atoms with van der Waals surface area (Å²) in [5, 5.41) is 20.1. The Morgan fingerprint density at radius 2 is 2.03 bits per heavy atom. The summed E-state index contributed by atoms with van der Waals surface area (Å²) in [6.45, 7) is 2.52. The van der Waals surface area contributed by atoms with Crippen LogP contribution in [-0.4, -0.2) is 22.7 Å². The van der Waals surface area contributed by atoms with Crippen molar-refractivity contribution in [1.82, 2.24) is 4.98 Å². The van der Waals surface area contributed by atoms with E-state index in [1.165, 1.54) is 0 Å². The van der Waals surface area contributed by atoms with E-state index >= 15 is 0 Å². The zero-order valence-electron chi connectivity index (χ0n) is 18.6. The van der Waals surface area contributed by atoms with Gasteiger partial charge in [-0.1, -0.05) is 25.1 Å². The van der Waals surface area contributed by atoms with E-state index in [1.54, 1.807) is 0 Å². The number of aryl methyl sites for hydroxylation is 2. The second-order valence-electron chi connectivity index (χ2n) is 7.87. The van der Waals surface area contributed by atoms with E-state index in [1.807, 2.05) is 49.4 Å². The number of carboxylic acid groups (broad SMARTS) is 1. The summed E-state index contributed by atoms with van der Waals surface area (Å²) in [7, 11) is 0. The molecular weight excluding hydrogens is 417 g/mol. The van der Waals surface area contributed by atoms with E-state index in [4.69, 9.17) is 9.15 Å². The predicted molar refractivity (Wildman–Crippen MR) is 114 cm³/mol. The third kappa shape index (κ3) is 5.62. The third-order valence-corrected chi connectivity index (χ3v) is 5.82. The molecule has 0 bridgehead atoms. The SMILES string of the molecule is CCc1oc(-c2ccc(CO)cc2)nc1CCOc1ccc2c(c1)CC[C@H]2CC(=O)[O-].[Na+]. The number of carbonyl (C=O) groups excluding carboxylic acids is 1. The van der Waals surface area contributed by atoms with Crippen LogP contribution in [0.2, 0.25) is 0 Å². The topological polar surface area (TPSA) is 95.6 Å². The van der Waals surface area contributed by atoms with Crippen molar-refractivity contribution in [3.8, 4) is 17.2 Å². The Kier molecular flexibility index (Phi) is 8.54. The monoisotopic (exact) mass is 443 g/mol. The van der Waals surface area contributed by atoms with Gasteiger partial charge in [0.2, 0.25) is 5.89 Å². The molecule has 162 valence electrons. The molecule has 0 spiro atoms. The molecule has 32 heavy (non-hydrogen) atoms. The van der Waals surface area contributed by atoms with Crippen LogP contribution < -0.4 is 39.4 Å². The number of rotatable bonds is 9. The van der Waals surface area contributed by atoms with Crippen LogP contribution in [0.1, 0.15) is 53.8 Å². The Bertz CT molecular complexity index is 1060. The zero-order valence-corrected chi connectivity index (χ0v) is 20.6. The largest absolute Gasteiger partial charge is 1.00 e. The van der Waals surface area contributed by atoms with Crippen molar-refractivity contribution in [3.63, 3.8) is 0 Å². The number of oxazole rings is 1. The second kappa shape index (κ2) is 11.1. The molecule has 7 heteroatoms. The van der Waals surface area contributed by atoms with Gasteiger partial charge in [0.25, 0.3) is 0 Å². The quantitative estimate of drug-likeness (QED) is 0.475. The summed E-state index contributed by atoms with van der Waals surface area (Å²) in [5.41, 5.74) is 4.87. The average molecular weight is 443 g/mol. The van der Waals surface area contributed by atoms with Crippen LogP contribution in [0.5, 0.6) is 5.75 Å². The molecule has 1 aliphatic carbocycles. The summed E-state index contributed by atoms with van der Waals surface area (Å²) < 4.78 is 11.9. The van der Waals surface area contributed by atoms with Crippen LogP contribution in [0.25, 0.3) is 11.5 Å². The van der Waals surface area contributed by atoms with Gasteiger partial charge in [0.15, 0.2) is 0 Å². The van der Waals surface area contributed by atoms with Gasteiger partial charge in [-0.25, -0.2) is 4.98 Å². The number of benzene rings is 2. The molecule has 0 saturated carbocycles. The van der Waals surface area contributed by atoms with Crippen LogP contribution in [0.15, 0.2) is 46.9 Å². The Labute approximate surface area is 209 Å². The molecule has 0 fully saturated rings. The number of hydrogen-bond donors (Lipinski definition) is 1. The number of aliphatic carboxylic acids is 1. The molecule has 1 atom stereocenters. The van der Waals surface area contributed by atoms with E-state index in [0.29, 0.717) is 18.9 Å². The second-order valence-corrected chi connectivity index (χ2v) is 7.87. The summed E-state index contributed by atoms with van der Waals surface area (Å²) in [6, 6.07) is 13.4. The summed E-state index contributed by atoms with van der Waals surface area (Å²) in [6.07, 6.45) is 3.16. The molecule has 3 aromatic rings. The molecule has 0 aliphatic heterocycles. The van der Waals surface area contributed by atoms with Crippen LogP contribution in [0, 0.1) is 0 Å². The number of carboxylic acids is 1. The molecule has 6 nitrogen and oxygen atoms in total. The molecule has 0 amide bonds. The molecule has 0 unspecified atom stereocenters. The number of aliphatic hydroxyl groups excluding tert-OH is 1. The first-order valence-electron chi connectivity index (χ1n) is 10.7. The number of nitrogens with zero attached hydrogens (tertiary/aromatic N) is 1. The van der Waals surface area contributed by atoms with Crippen molar-refractivity contribution >= 4 is 5.97 Å². The molecule has 1 heterocycles. The van der Waals surface area contributed by atoms with Crippen LogP contribution in [-0.2, 0) is 30.7 Å². The van der Waals surface area contributed by atoms with Crippen molar-refractivity contribution in [2.24, 2.45) is 0 Å². The maximum absolute atomic E-state index is 10.9. The van der Waals surface area contributed by atoms with Crippen LogP contribution in [0.4, 0.5) is 0 Å². The van der Waals surface area contributed by atoms with E-state index in [-0.39, 0.29) is 48.5 Å². The third-order valence-electron chi connectivity index (χ3n) is 5.82. The number of aliphatic hydroxyl groups is 1. The average Bonchev–Trinajstić information content (AvgIpc) is 3.37. The van der Waals surface area contributed by atoms with E-state index in [2.05, 4.69) is 4.98 Å². The first-order valence-corrected chi connectivity index (χ1v) is 10.7. The molecule has 0 radical (unpaired) electrons. The molecule has 1 N–H and O–H groups in total. The molecule has 0 saturated heterocycles. The maximum atomic E-state index is 10.9. The Hall–Kier alpha value is -2.12. The van der Waals surface area contributed by atoms with E-state index in [9.17, 15) is 15.0 Å². The van der Waals surface area contributed by atoms with Crippen molar-refractivity contribution in [2.75, 3.05) is 6.61 Å². The van der Waals surface area contributed by atoms with Gasteiger partial charge in [0, 0.05) is 24.4 Å². The van der Waals surface area contributed by atoms with Gasteiger partial charge in [-0.2, -0.15) is 0 Å². The maximum Gasteiger partial charge on any atom is 1.00 e. The van der Waals surface area contributed by atoms with Gasteiger partial charge < -0.3 is 24.2 Å². The number of carbonyl (C=O) groups is 1. The molecule has 4 rings (SSSR count). The van der Waals surface area contributed by atoms with Crippen molar-refractivity contribution < 1.29 is 53.7 Å². The summed E-state index contributed by atoms with van der Waals surface area (Å²) in [5.74, 6) is 1.26. The van der Waals surface area contributed by atoms with Crippen LogP contribution >= 0.6 is 0 Å². The predicted octanol–water partition coefficient (Wildman–Crippen LogP) is 0.192. The Morgan fingerprint density at radius 3 is 2.72 bits per heavy atom. The van der Waals surface area contributed by atoms with Gasteiger partial charge in [0.05, 0.1) is 18.9 Å². The summed E-state index contributed by atoms with van der Waals surface area (Å²) in [4.78, 5) is 15.6. The zero-order chi connectivity index (χ0) is 21.8. The minimum absolute atomic E-state index is 0. The van der Waals surface area contributed by atoms with Crippen molar-refractivity contribution in [2.45, 2.75) is 51.6 Å². The first kappa shape index (κ1) is 24.5. The van der Waals surface area contributed by atoms with E-state index < -0.39 is 5.97 Å². The minimum Gasteiger partial charge on any atom is -0.550 e. The van der Waals surface area contributed by atoms with Gasteiger partial charge >= 0.3 is 29.6 Å². The fourth-order valence-electron chi connectivity index (χ4n) is 4.18. The smallest absolute Gasteiger partial charge is 0.550 e. The number of aromatic nitrogens is 1. The molecule has 1 aromatic heterocycles. The number of hydrogen-bond acceptors (Lipinski definition) is 6. The summed E-state index contributed by atoms with van der Waals surface area (Å²) >= 11 is 0. The minimum atomic E-state index is -0.999. The standard InChI is InChI=1S/C25H27NO5.Na/c1-2-23-22(26-25(31-23)17-5-3-16(15-27)4-6-17)11-12-30-20-9-10-21-18(13-20)7-8-19(21)14-24(28)29;/h3-6,9-10,13,19,27H,2,7-8,11-12,14-15H2,1H3,(H,28,29);/q;+1/p-1/t19-;/m0./s1. The van der Waals surface area contributed by atoms with Crippen LogP contribution in [0.3, 0.4) is 0 Å². The normalized spacial score (nSPS) is 14.6. The first-order chi connectivity index (χ1) is 15.1. The van der Waals surface area contributed by atoms with Crippen molar-refractivity contribution in [3.05, 3.63) is 70.6 Å². The van der Waals surface area contributed by atoms with Crippen molar-refractivity contribution in [1.29, 1.82) is 0 Å². The van der Waals surface area contributed by atoms with Gasteiger partial charge in [-0.3, -0.25) is 0 Å². The van der Waals surface area contributed by atoms with Gasteiger partial charge in [-0.15, -0.1) is 0 Å². The van der Waals surface area contributed by atoms with E-state index in [0.717, 1.165) is 58.7 Å². The fourth-order valence-corrected chi connectivity index (χ4v) is 4.18. The number of fused-ring (bicyclic) bond motifs is 1. The van der Waals surface area contributed by atoms with Gasteiger partial charge in [-0.05, 0) is 66.1 Å². The number of ether oxygens (including phenoxy) is 1.